The molecule has 0 saturated heterocycles. The van der Waals surface area contributed by atoms with Crippen LogP contribution < -0.4 is 16.0 Å². The molecule has 1 saturated carbocycles. The summed E-state index contributed by atoms with van der Waals surface area (Å²) in [5, 5.41) is 8.01. The van der Waals surface area contributed by atoms with E-state index in [-0.39, 0.29) is 22.2 Å². The first-order valence-electron chi connectivity index (χ1n) is 11.4. The van der Waals surface area contributed by atoms with Crippen molar-refractivity contribution in [2.75, 3.05) is 11.9 Å². The molecule has 2 aromatic rings. The number of alkyl halides is 3. The Morgan fingerprint density at radius 1 is 1.11 bits per heavy atom. The van der Waals surface area contributed by atoms with Crippen LogP contribution in [0.4, 0.5) is 18.2 Å². The number of carbonyl (C=O) groups is 3. The third-order valence-electron chi connectivity index (χ3n) is 6.32. The summed E-state index contributed by atoms with van der Waals surface area (Å²) < 4.78 is 46.3. The molecule has 12 heteroatoms. The molecule has 1 aliphatic heterocycles. The summed E-state index contributed by atoms with van der Waals surface area (Å²) in [5.74, 6) is -2.69. The second-order valence-corrected chi connectivity index (χ2v) is 11.0. The second-order valence-electron chi connectivity index (χ2n) is 8.67. The van der Waals surface area contributed by atoms with Gasteiger partial charge in [-0.1, -0.05) is 0 Å². The molecule has 3 N–H and O–H groups in total. The normalized spacial score (nSPS) is 16.1. The Morgan fingerprint density at radius 2 is 1.83 bits per heavy atom. The van der Waals surface area contributed by atoms with Gasteiger partial charge in [-0.2, -0.15) is 13.2 Å². The maximum Gasteiger partial charge on any atom is 0.425 e. The molecule has 0 radical (unpaired) electrons. The number of nitrogens with one attached hydrogen (secondary N) is 3. The summed E-state index contributed by atoms with van der Waals surface area (Å²) in [6, 6.07) is 0. The fourth-order valence-electron chi connectivity index (χ4n) is 4.40. The van der Waals surface area contributed by atoms with Crippen LogP contribution in [0.1, 0.15) is 67.4 Å². The largest absolute Gasteiger partial charge is 0.459 e. The topological polar surface area (TPSA) is 96.5 Å². The van der Waals surface area contributed by atoms with Crippen molar-refractivity contribution in [3.8, 4) is 0 Å². The zero-order valence-corrected chi connectivity index (χ0v) is 21.0. The van der Waals surface area contributed by atoms with E-state index in [1.165, 1.54) is 0 Å². The smallest absolute Gasteiger partial charge is 0.425 e. The van der Waals surface area contributed by atoms with Crippen molar-refractivity contribution in [3.63, 3.8) is 0 Å². The molecule has 0 spiro atoms. The monoisotopic (exact) mass is 529 g/mol. The number of ether oxygens (including phenoxy) is 1. The van der Waals surface area contributed by atoms with Gasteiger partial charge in [0.25, 0.3) is 0 Å². The van der Waals surface area contributed by atoms with Crippen molar-refractivity contribution >= 4 is 45.5 Å². The minimum absolute atomic E-state index is 0.00351. The molecule has 1 fully saturated rings. The van der Waals surface area contributed by atoms with Gasteiger partial charge in [-0.3, -0.25) is 9.59 Å². The Morgan fingerprint density at radius 3 is 2.51 bits per heavy atom. The maximum absolute atomic E-state index is 13.6. The standard InChI is InChI=1S/C23H26F3N3O4S2/c1-11-12(2)34-21(17(11)22(32)33-13-5-3-4-6-13)29-20(31)19(30)28-9-15-14-7-8-27-10-16(14)35-18(15)23(24,25)26/h13,27H,3-10H2,1-2H3,(H,28,30)(H,29,31). The van der Waals surface area contributed by atoms with Crippen molar-refractivity contribution in [3.05, 3.63) is 36.9 Å². The molecule has 2 amide bonds. The first-order valence-corrected chi connectivity index (χ1v) is 13.0. The molecule has 7 nitrogen and oxygen atoms in total. The molecule has 0 bridgehead atoms. The van der Waals surface area contributed by atoms with Gasteiger partial charge in [0.1, 0.15) is 16.0 Å². The van der Waals surface area contributed by atoms with Crippen LogP contribution in [-0.2, 0) is 40.0 Å². The van der Waals surface area contributed by atoms with Gasteiger partial charge < -0.3 is 20.7 Å². The highest BCUT2D eigenvalue weighted by Gasteiger charge is 2.38. The summed E-state index contributed by atoms with van der Waals surface area (Å²) in [4.78, 5) is 38.5. The van der Waals surface area contributed by atoms with Gasteiger partial charge in [0.2, 0.25) is 0 Å². The van der Waals surface area contributed by atoms with Crippen LogP contribution in [0.15, 0.2) is 0 Å². The van der Waals surface area contributed by atoms with Gasteiger partial charge in [0.05, 0.1) is 5.56 Å². The number of esters is 1. The third-order valence-corrected chi connectivity index (χ3v) is 8.76. The molecule has 4 rings (SSSR count). The molecule has 1 aliphatic carbocycles. The van der Waals surface area contributed by atoms with Gasteiger partial charge in [0.15, 0.2) is 0 Å². The van der Waals surface area contributed by atoms with Crippen molar-refractivity contribution in [1.29, 1.82) is 0 Å². The zero-order valence-electron chi connectivity index (χ0n) is 19.3. The lowest BCUT2D eigenvalue weighted by Gasteiger charge is -2.15. The Balaban J connectivity index is 1.46. The number of aryl methyl sites for hydroxylation is 1. The van der Waals surface area contributed by atoms with E-state index in [1.807, 2.05) is 0 Å². The minimum atomic E-state index is -4.55. The Kier molecular flexibility index (Phi) is 7.53. The van der Waals surface area contributed by atoms with E-state index in [0.29, 0.717) is 46.9 Å². The van der Waals surface area contributed by atoms with E-state index in [4.69, 9.17) is 4.74 Å². The zero-order chi connectivity index (χ0) is 25.3. The lowest BCUT2D eigenvalue weighted by atomic mass is 10.0. The molecule has 35 heavy (non-hydrogen) atoms. The average Bonchev–Trinajstić information content (AvgIpc) is 3.50. The Bertz CT molecular complexity index is 1150. The number of hydrogen-bond donors (Lipinski definition) is 3. The van der Waals surface area contributed by atoms with Crippen LogP contribution in [0.25, 0.3) is 0 Å². The highest BCUT2D eigenvalue weighted by atomic mass is 32.1. The van der Waals surface area contributed by atoms with Gasteiger partial charge >= 0.3 is 24.0 Å². The third kappa shape index (κ3) is 5.54. The van der Waals surface area contributed by atoms with Gasteiger partial charge in [-0.15, -0.1) is 22.7 Å². The summed E-state index contributed by atoms with van der Waals surface area (Å²) >= 11 is 1.81. The molecular weight excluding hydrogens is 503 g/mol. The van der Waals surface area contributed by atoms with E-state index < -0.39 is 35.4 Å². The van der Waals surface area contributed by atoms with E-state index >= 15 is 0 Å². The number of hydrogen-bond acceptors (Lipinski definition) is 7. The average molecular weight is 530 g/mol. The molecule has 0 aromatic carbocycles. The summed E-state index contributed by atoms with van der Waals surface area (Å²) in [7, 11) is 0. The Labute approximate surface area is 208 Å². The number of halogens is 3. The van der Waals surface area contributed by atoms with Crippen molar-refractivity contribution in [2.45, 2.75) is 71.3 Å². The van der Waals surface area contributed by atoms with Crippen LogP contribution >= 0.6 is 22.7 Å². The maximum atomic E-state index is 13.6. The molecule has 3 heterocycles. The Hall–Kier alpha value is -2.44. The van der Waals surface area contributed by atoms with Crippen molar-refractivity contribution < 1.29 is 32.3 Å². The minimum Gasteiger partial charge on any atom is -0.459 e. The number of thiophene rings is 2. The first-order chi connectivity index (χ1) is 16.6. The quantitative estimate of drug-likeness (QED) is 0.393. The predicted molar refractivity (Wildman–Crippen MR) is 127 cm³/mol. The van der Waals surface area contributed by atoms with E-state index in [9.17, 15) is 27.6 Å². The van der Waals surface area contributed by atoms with Crippen molar-refractivity contribution in [2.24, 2.45) is 0 Å². The SMILES string of the molecule is Cc1sc(NC(=O)C(=O)NCc2c(C(F)(F)F)sc3c2CCNC3)c(C(=O)OC2CCCC2)c1C. The lowest BCUT2D eigenvalue weighted by molar-refractivity contribution is -0.137. The molecule has 2 aliphatic rings. The fraction of sp³-hybridized carbons (Fsp3) is 0.522. The molecular formula is C23H26F3N3O4S2. The molecule has 190 valence electrons. The van der Waals surface area contributed by atoms with Gasteiger partial charge in [-0.05, 0) is 69.2 Å². The van der Waals surface area contributed by atoms with Gasteiger partial charge in [-0.25, -0.2) is 4.79 Å². The van der Waals surface area contributed by atoms with E-state index in [2.05, 4.69) is 16.0 Å². The van der Waals surface area contributed by atoms with Crippen molar-refractivity contribution in [1.82, 2.24) is 10.6 Å². The lowest BCUT2D eigenvalue weighted by Crippen LogP contribution is -2.36. The number of amides is 2. The van der Waals surface area contributed by atoms with E-state index in [1.54, 1.807) is 13.8 Å². The highest BCUT2D eigenvalue weighted by molar-refractivity contribution is 7.17. The fourth-order valence-corrected chi connectivity index (χ4v) is 6.65. The van der Waals surface area contributed by atoms with Gasteiger partial charge in [0, 0.05) is 22.8 Å². The summed E-state index contributed by atoms with van der Waals surface area (Å²) in [5.41, 5.74) is 1.44. The molecule has 0 atom stereocenters. The number of carbonyl (C=O) groups excluding carboxylic acids is 3. The second kappa shape index (κ2) is 10.3. The van der Waals surface area contributed by atoms with Crippen LogP contribution in [-0.4, -0.2) is 30.4 Å². The molecule has 0 unspecified atom stereocenters. The number of fused-ring (bicyclic) bond motifs is 1. The summed E-state index contributed by atoms with van der Waals surface area (Å²) in [6.45, 7) is 4.00. The van der Waals surface area contributed by atoms with Crippen LogP contribution in [0.5, 0.6) is 0 Å². The van der Waals surface area contributed by atoms with Crippen LogP contribution in [0, 0.1) is 13.8 Å². The van der Waals surface area contributed by atoms with Crippen LogP contribution in [0.3, 0.4) is 0 Å². The number of anilines is 1. The first kappa shape index (κ1) is 25.6. The molecule has 2 aromatic heterocycles. The predicted octanol–water partition coefficient (Wildman–Crippen LogP) is 4.45. The summed E-state index contributed by atoms with van der Waals surface area (Å²) in [6.07, 6.45) is -0.735. The van der Waals surface area contributed by atoms with Crippen LogP contribution in [0.2, 0.25) is 0 Å². The van der Waals surface area contributed by atoms with E-state index in [0.717, 1.165) is 41.9 Å². The number of rotatable bonds is 5. The highest BCUT2D eigenvalue weighted by Crippen LogP contribution is 2.42.